The lowest BCUT2D eigenvalue weighted by molar-refractivity contribution is 0.808. The zero-order chi connectivity index (χ0) is 17.6. The first kappa shape index (κ1) is 20.3. The number of aliphatic imine (C=N–C) groups is 1. The van der Waals surface area contributed by atoms with Gasteiger partial charge in [0, 0.05) is 37.1 Å². The molecule has 26 heavy (non-hydrogen) atoms. The number of rotatable bonds is 5. The van der Waals surface area contributed by atoms with Crippen LogP contribution < -0.4 is 10.6 Å². The van der Waals surface area contributed by atoms with E-state index in [1.165, 1.54) is 4.88 Å². The molecular weight excluding hydrogens is 461 g/mol. The van der Waals surface area contributed by atoms with Gasteiger partial charge >= 0.3 is 0 Å². The molecule has 0 amide bonds. The average molecular weight is 483 g/mol. The van der Waals surface area contributed by atoms with Gasteiger partial charge in [0.25, 0.3) is 0 Å². The van der Waals surface area contributed by atoms with Gasteiger partial charge < -0.3 is 10.6 Å². The molecule has 3 rings (SSSR count). The highest BCUT2D eigenvalue weighted by molar-refractivity contribution is 14.0. The Morgan fingerprint density at radius 2 is 2.04 bits per heavy atom. The molecule has 0 atom stereocenters. The van der Waals surface area contributed by atoms with Gasteiger partial charge in [-0.25, -0.2) is 15.0 Å². The molecule has 138 valence electrons. The molecule has 0 unspecified atom stereocenters. The standard InChI is InChI=1S/C17H21N7S.HI/c1-12-15(25-13(2)23-12)10-22-17(18-3)21-9-14-4-5-20-16(8-14)24-7-6-19-11-24;/h4-8,11H,9-10H2,1-3H3,(H2,18,21,22);1H. The third-order valence-corrected chi connectivity index (χ3v) is 4.75. The number of aromatic nitrogens is 4. The number of hydrogen-bond acceptors (Lipinski definition) is 5. The van der Waals surface area contributed by atoms with E-state index < -0.39 is 0 Å². The summed E-state index contributed by atoms with van der Waals surface area (Å²) in [6, 6.07) is 4.01. The zero-order valence-electron chi connectivity index (χ0n) is 14.9. The summed E-state index contributed by atoms with van der Waals surface area (Å²) < 4.78 is 1.88. The highest BCUT2D eigenvalue weighted by Gasteiger charge is 2.06. The van der Waals surface area contributed by atoms with Gasteiger partial charge in [0.15, 0.2) is 5.96 Å². The number of imidazole rings is 1. The summed E-state index contributed by atoms with van der Waals surface area (Å²) in [7, 11) is 1.77. The Kier molecular flexibility index (Phi) is 7.51. The van der Waals surface area contributed by atoms with Gasteiger partial charge in [0.2, 0.25) is 0 Å². The summed E-state index contributed by atoms with van der Waals surface area (Å²) in [6.45, 7) is 5.43. The van der Waals surface area contributed by atoms with Crippen LogP contribution >= 0.6 is 35.3 Å². The van der Waals surface area contributed by atoms with Gasteiger partial charge in [-0.2, -0.15) is 0 Å². The van der Waals surface area contributed by atoms with Crippen LogP contribution in [-0.2, 0) is 13.1 Å². The maximum atomic E-state index is 4.45. The van der Waals surface area contributed by atoms with Crippen molar-refractivity contribution in [3.05, 3.63) is 58.2 Å². The Bertz CT molecular complexity index is 858. The van der Waals surface area contributed by atoms with Crippen molar-refractivity contribution < 1.29 is 0 Å². The Morgan fingerprint density at radius 3 is 2.69 bits per heavy atom. The molecule has 2 N–H and O–H groups in total. The first-order chi connectivity index (χ1) is 12.2. The van der Waals surface area contributed by atoms with Crippen LogP contribution in [0.5, 0.6) is 0 Å². The number of hydrogen-bond donors (Lipinski definition) is 2. The van der Waals surface area contributed by atoms with Gasteiger partial charge in [-0.1, -0.05) is 0 Å². The summed E-state index contributed by atoms with van der Waals surface area (Å²) in [6.07, 6.45) is 7.15. The number of halogens is 1. The molecular formula is C17H22IN7S. The van der Waals surface area contributed by atoms with E-state index in [0.29, 0.717) is 13.1 Å². The first-order valence-corrected chi connectivity index (χ1v) is 8.78. The minimum absolute atomic E-state index is 0. The van der Waals surface area contributed by atoms with Gasteiger partial charge in [0.1, 0.15) is 12.1 Å². The van der Waals surface area contributed by atoms with Gasteiger partial charge in [-0.05, 0) is 31.5 Å². The molecule has 3 aromatic rings. The summed E-state index contributed by atoms with van der Waals surface area (Å²) >= 11 is 1.71. The van der Waals surface area contributed by atoms with E-state index in [4.69, 9.17) is 0 Å². The molecule has 0 fully saturated rings. The largest absolute Gasteiger partial charge is 0.352 e. The van der Waals surface area contributed by atoms with E-state index in [9.17, 15) is 0 Å². The van der Waals surface area contributed by atoms with Crippen molar-refractivity contribution in [3.8, 4) is 5.82 Å². The molecule has 0 bridgehead atoms. The number of nitrogens with zero attached hydrogens (tertiary/aromatic N) is 5. The third kappa shape index (κ3) is 5.24. The Labute approximate surface area is 174 Å². The quantitative estimate of drug-likeness (QED) is 0.332. The van der Waals surface area contributed by atoms with Gasteiger partial charge in [-0.3, -0.25) is 9.56 Å². The van der Waals surface area contributed by atoms with Crippen LogP contribution in [0.2, 0.25) is 0 Å². The molecule has 0 spiro atoms. The normalized spacial score (nSPS) is 11.1. The van der Waals surface area contributed by atoms with Crippen molar-refractivity contribution in [1.29, 1.82) is 0 Å². The maximum absolute atomic E-state index is 4.45. The molecule has 0 aliphatic heterocycles. The summed E-state index contributed by atoms with van der Waals surface area (Å²) in [5.74, 6) is 1.60. The van der Waals surface area contributed by atoms with E-state index in [0.717, 1.165) is 28.0 Å². The number of aryl methyl sites for hydroxylation is 2. The minimum atomic E-state index is 0. The fraction of sp³-hybridized carbons (Fsp3) is 0.294. The predicted octanol–water partition coefficient (Wildman–Crippen LogP) is 2.82. The zero-order valence-corrected chi connectivity index (χ0v) is 18.1. The lowest BCUT2D eigenvalue weighted by atomic mass is 10.2. The maximum Gasteiger partial charge on any atom is 0.191 e. The van der Waals surface area contributed by atoms with Crippen molar-refractivity contribution >= 4 is 41.3 Å². The highest BCUT2D eigenvalue weighted by Crippen LogP contribution is 2.16. The lowest BCUT2D eigenvalue weighted by Crippen LogP contribution is -2.36. The van der Waals surface area contributed by atoms with Crippen molar-refractivity contribution in [2.45, 2.75) is 26.9 Å². The lowest BCUT2D eigenvalue weighted by Gasteiger charge is -2.12. The van der Waals surface area contributed by atoms with Crippen LogP contribution in [0.25, 0.3) is 5.82 Å². The molecule has 0 aliphatic rings. The van der Waals surface area contributed by atoms with Crippen molar-refractivity contribution in [2.24, 2.45) is 4.99 Å². The van der Waals surface area contributed by atoms with E-state index >= 15 is 0 Å². The minimum Gasteiger partial charge on any atom is -0.352 e. The average Bonchev–Trinajstić information content (AvgIpc) is 3.25. The molecule has 0 saturated carbocycles. The van der Waals surface area contributed by atoms with Crippen LogP contribution in [0, 0.1) is 13.8 Å². The van der Waals surface area contributed by atoms with E-state index in [2.05, 4.69) is 30.6 Å². The molecule has 9 heteroatoms. The molecule has 3 heterocycles. The number of guanidine groups is 1. The van der Waals surface area contributed by atoms with Crippen LogP contribution in [0.1, 0.15) is 21.1 Å². The Hall–Kier alpha value is -2.01. The molecule has 7 nitrogen and oxygen atoms in total. The second-order valence-corrected chi connectivity index (χ2v) is 6.80. The fourth-order valence-electron chi connectivity index (χ4n) is 2.41. The highest BCUT2D eigenvalue weighted by atomic mass is 127. The van der Waals surface area contributed by atoms with Crippen molar-refractivity contribution in [2.75, 3.05) is 7.05 Å². The van der Waals surface area contributed by atoms with Crippen LogP contribution in [-0.4, -0.2) is 32.5 Å². The van der Waals surface area contributed by atoms with Crippen molar-refractivity contribution in [3.63, 3.8) is 0 Å². The van der Waals surface area contributed by atoms with Crippen LogP contribution in [0.4, 0.5) is 0 Å². The van der Waals surface area contributed by atoms with E-state index in [1.54, 1.807) is 37.1 Å². The predicted molar refractivity (Wildman–Crippen MR) is 115 cm³/mol. The van der Waals surface area contributed by atoms with Crippen molar-refractivity contribution in [1.82, 2.24) is 30.2 Å². The number of thiazole rings is 1. The molecule has 3 aromatic heterocycles. The van der Waals surface area contributed by atoms with Crippen LogP contribution in [0.3, 0.4) is 0 Å². The first-order valence-electron chi connectivity index (χ1n) is 7.96. The molecule has 0 aromatic carbocycles. The summed E-state index contributed by atoms with van der Waals surface area (Å²) in [5, 5.41) is 7.74. The Balaban J connectivity index is 0.00000243. The SMILES string of the molecule is CN=C(NCc1ccnc(-n2ccnc2)c1)NCc1sc(C)nc1C.I. The van der Waals surface area contributed by atoms with Gasteiger partial charge in [0.05, 0.1) is 17.2 Å². The van der Waals surface area contributed by atoms with E-state index in [-0.39, 0.29) is 24.0 Å². The monoisotopic (exact) mass is 483 g/mol. The van der Waals surface area contributed by atoms with Gasteiger partial charge in [-0.15, -0.1) is 35.3 Å². The molecule has 0 radical (unpaired) electrons. The smallest absolute Gasteiger partial charge is 0.191 e. The van der Waals surface area contributed by atoms with Crippen LogP contribution in [0.15, 0.2) is 42.0 Å². The number of nitrogens with one attached hydrogen (secondary N) is 2. The third-order valence-electron chi connectivity index (χ3n) is 3.68. The van der Waals surface area contributed by atoms with E-state index in [1.807, 2.05) is 36.7 Å². The molecule has 0 aliphatic carbocycles. The summed E-state index contributed by atoms with van der Waals surface area (Å²) in [5.41, 5.74) is 2.19. The number of pyridine rings is 1. The Morgan fingerprint density at radius 1 is 1.23 bits per heavy atom. The molecule has 0 saturated heterocycles. The topological polar surface area (TPSA) is 80.0 Å². The second-order valence-electron chi connectivity index (χ2n) is 5.51. The second kappa shape index (κ2) is 9.62. The summed E-state index contributed by atoms with van der Waals surface area (Å²) in [4.78, 5) is 18.4. The fourth-order valence-corrected chi connectivity index (χ4v) is 3.29.